The second-order valence-corrected chi connectivity index (χ2v) is 4.58. The number of aromatic nitrogens is 2. The fraction of sp³-hybridized carbons (Fsp3) is 0.400. The summed E-state index contributed by atoms with van der Waals surface area (Å²) in [6.07, 6.45) is 1.32. The number of hydrogen-bond donors (Lipinski definition) is 1. The zero-order valence-corrected chi connectivity index (χ0v) is 13.0. The monoisotopic (exact) mass is 322 g/mol. The van der Waals surface area contributed by atoms with E-state index in [4.69, 9.17) is 18.9 Å². The van der Waals surface area contributed by atoms with E-state index in [0.717, 1.165) is 0 Å². The number of benzene rings is 1. The number of hydrogen-bond acceptors (Lipinski definition) is 7. The highest BCUT2D eigenvalue weighted by molar-refractivity contribution is 5.81. The number of ether oxygens (including phenoxy) is 4. The van der Waals surface area contributed by atoms with Gasteiger partial charge in [0.05, 0.1) is 23.8 Å². The maximum atomic E-state index is 11.8. The molecule has 0 aliphatic rings. The summed E-state index contributed by atoms with van der Waals surface area (Å²) in [6, 6.07) is 3.18. The van der Waals surface area contributed by atoms with Gasteiger partial charge in [-0.2, -0.15) is 0 Å². The molecule has 1 heterocycles. The first kappa shape index (κ1) is 16.8. The van der Waals surface area contributed by atoms with Gasteiger partial charge in [0.25, 0.3) is 5.56 Å². The lowest BCUT2D eigenvalue weighted by atomic mass is 10.2. The number of nitrogens with one attached hydrogen (secondary N) is 1. The largest absolute Gasteiger partial charge is 0.487 e. The van der Waals surface area contributed by atoms with Crippen LogP contribution in [-0.4, -0.2) is 49.5 Å². The molecule has 1 N–H and O–H groups in total. The van der Waals surface area contributed by atoms with Crippen molar-refractivity contribution in [3.8, 4) is 11.5 Å². The molecular weight excluding hydrogens is 304 g/mol. The van der Waals surface area contributed by atoms with Crippen LogP contribution in [0.4, 0.5) is 0 Å². The molecule has 2 rings (SSSR count). The number of esters is 1. The quantitative estimate of drug-likeness (QED) is 0.569. The van der Waals surface area contributed by atoms with Crippen molar-refractivity contribution in [1.29, 1.82) is 0 Å². The predicted octanol–water partition coefficient (Wildman–Crippen LogP) is 0.890. The van der Waals surface area contributed by atoms with Crippen LogP contribution >= 0.6 is 0 Å². The fourth-order valence-electron chi connectivity index (χ4n) is 1.87. The summed E-state index contributed by atoms with van der Waals surface area (Å²) in [5.74, 6) is 0.437. The molecule has 0 aliphatic heterocycles. The Morgan fingerprint density at radius 3 is 2.52 bits per heavy atom. The number of aromatic amines is 1. The fourth-order valence-corrected chi connectivity index (χ4v) is 1.87. The Morgan fingerprint density at radius 1 is 1.13 bits per heavy atom. The van der Waals surface area contributed by atoms with Crippen LogP contribution in [0, 0.1) is 0 Å². The smallest absolute Gasteiger partial charge is 0.302 e. The minimum absolute atomic E-state index is 0.119. The minimum atomic E-state index is -0.378. The Bertz CT molecular complexity index is 727. The van der Waals surface area contributed by atoms with Crippen molar-refractivity contribution >= 4 is 16.9 Å². The Balaban J connectivity index is 2.22. The van der Waals surface area contributed by atoms with Crippen LogP contribution in [0.5, 0.6) is 11.5 Å². The van der Waals surface area contributed by atoms with Gasteiger partial charge in [0.15, 0.2) is 11.5 Å². The first-order valence-electron chi connectivity index (χ1n) is 7.01. The van der Waals surface area contributed by atoms with Gasteiger partial charge in [0.2, 0.25) is 0 Å². The lowest BCUT2D eigenvalue weighted by molar-refractivity contribution is -0.141. The van der Waals surface area contributed by atoms with E-state index in [1.807, 2.05) is 0 Å². The molecule has 0 bridgehead atoms. The third-order valence-corrected chi connectivity index (χ3v) is 2.90. The van der Waals surface area contributed by atoms with Crippen molar-refractivity contribution in [2.24, 2.45) is 0 Å². The summed E-state index contributed by atoms with van der Waals surface area (Å²) in [5.41, 5.74) is 0.216. The summed E-state index contributed by atoms with van der Waals surface area (Å²) in [4.78, 5) is 29.2. The van der Waals surface area contributed by atoms with Gasteiger partial charge in [-0.05, 0) is 6.07 Å². The first-order valence-corrected chi connectivity index (χ1v) is 7.01. The average molecular weight is 322 g/mol. The molecule has 1 aromatic heterocycles. The molecule has 0 unspecified atom stereocenters. The maximum Gasteiger partial charge on any atom is 0.302 e. The highest BCUT2D eigenvalue weighted by Crippen LogP contribution is 2.30. The van der Waals surface area contributed by atoms with E-state index in [0.29, 0.717) is 35.6 Å². The molecule has 124 valence electrons. The lowest BCUT2D eigenvalue weighted by Crippen LogP contribution is -2.12. The van der Waals surface area contributed by atoms with Gasteiger partial charge in [-0.1, -0.05) is 0 Å². The normalized spacial score (nSPS) is 10.5. The molecule has 0 fully saturated rings. The lowest BCUT2D eigenvalue weighted by Gasteiger charge is -2.13. The first-order chi connectivity index (χ1) is 11.1. The van der Waals surface area contributed by atoms with Crippen LogP contribution < -0.4 is 15.0 Å². The van der Waals surface area contributed by atoms with E-state index in [2.05, 4.69) is 9.97 Å². The highest BCUT2D eigenvalue weighted by Gasteiger charge is 2.11. The Morgan fingerprint density at radius 2 is 1.83 bits per heavy atom. The number of rotatable bonds is 8. The van der Waals surface area contributed by atoms with E-state index < -0.39 is 0 Å². The summed E-state index contributed by atoms with van der Waals surface area (Å²) in [7, 11) is 1.56. The standard InChI is InChI=1S/C15H18N2O6/c1-10(18)21-5-6-23-14-8-12-11(15(19)17-9-16-12)7-13(14)22-4-3-20-2/h7-9H,3-6H2,1-2H3,(H,16,17,19). The summed E-state index contributed by atoms with van der Waals surface area (Å²) in [6.45, 7) is 2.31. The van der Waals surface area contributed by atoms with E-state index in [1.165, 1.54) is 13.3 Å². The molecule has 0 spiro atoms. The molecule has 0 radical (unpaired) electrons. The molecule has 8 nitrogen and oxygen atoms in total. The number of H-pyrrole nitrogens is 1. The molecule has 0 atom stereocenters. The van der Waals surface area contributed by atoms with E-state index in [1.54, 1.807) is 19.2 Å². The molecule has 2 aromatic rings. The zero-order chi connectivity index (χ0) is 16.7. The highest BCUT2D eigenvalue weighted by atomic mass is 16.6. The molecule has 8 heteroatoms. The molecule has 1 aromatic carbocycles. The number of carbonyl (C=O) groups excluding carboxylic acids is 1. The predicted molar refractivity (Wildman–Crippen MR) is 81.9 cm³/mol. The molecule has 0 amide bonds. The number of carbonyl (C=O) groups is 1. The zero-order valence-electron chi connectivity index (χ0n) is 13.0. The third-order valence-electron chi connectivity index (χ3n) is 2.90. The molecule has 23 heavy (non-hydrogen) atoms. The summed E-state index contributed by atoms with van der Waals surface area (Å²) >= 11 is 0. The van der Waals surface area contributed by atoms with Crippen LogP contribution in [0.1, 0.15) is 6.92 Å². The maximum absolute atomic E-state index is 11.8. The van der Waals surface area contributed by atoms with Crippen LogP contribution in [0.3, 0.4) is 0 Å². The van der Waals surface area contributed by atoms with Crippen molar-refractivity contribution in [3.63, 3.8) is 0 Å². The number of fused-ring (bicyclic) bond motifs is 1. The minimum Gasteiger partial charge on any atom is -0.487 e. The summed E-state index contributed by atoms with van der Waals surface area (Å²) < 4.78 is 20.9. The van der Waals surface area contributed by atoms with Gasteiger partial charge in [-0.3, -0.25) is 9.59 Å². The Hall–Kier alpha value is -2.61. The van der Waals surface area contributed by atoms with Crippen molar-refractivity contribution in [1.82, 2.24) is 9.97 Å². The summed E-state index contributed by atoms with van der Waals surface area (Å²) in [5, 5.41) is 0.396. The van der Waals surface area contributed by atoms with Crippen LogP contribution in [0.25, 0.3) is 10.9 Å². The van der Waals surface area contributed by atoms with Crippen LogP contribution in [-0.2, 0) is 14.3 Å². The molecular formula is C15H18N2O6. The number of nitrogens with zero attached hydrogens (tertiary/aromatic N) is 1. The Kier molecular flexibility index (Phi) is 5.93. The molecule has 0 saturated carbocycles. The number of methoxy groups -OCH3 is 1. The van der Waals surface area contributed by atoms with Crippen molar-refractivity contribution in [3.05, 3.63) is 28.8 Å². The SMILES string of the molecule is COCCOc1cc2c(=O)[nH]cnc2cc1OCCOC(C)=O. The van der Waals surface area contributed by atoms with Gasteiger partial charge in [0, 0.05) is 20.1 Å². The van der Waals surface area contributed by atoms with Gasteiger partial charge in [-0.25, -0.2) is 4.98 Å². The molecule has 0 aliphatic carbocycles. The van der Waals surface area contributed by atoms with Gasteiger partial charge in [0.1, 0.15) is 19.8 Å². The van der Waals surface area contributed by atoms with Crippen molar-refractivity contribution in [2.45, 2.75) is 6.92 Å². The second kappa shape index (κ2) is 8.14. The van der Waals surface area contributed by atoms with E-state index >= 15 is 0 Å². The van der Waals surface area contributed by atoms with Gasteiger partial charge < -0.3 is 23.9 Å². The molecule has 0 saturated heterocycles. The Labute approximate surface area is 132 Å². The van der Waals surface area contributed by atoms with E-state index in [9.17, 15) is 9.59 Å². The second-order valence-electron chi connectivity index (χ2n) is 4.58. The van der Waals surface area contributed by atoms with Gasteiger partial charge >= 0.3 is 5.97 Å². The van der Waals surface area contributed by atoms with Crippen molar-refractivity contribution < 1.29 is 23.7 Å². The van der Waals surface area contributed by atoms with Crippen LogP contribution in [0.15, 0.2) is 23.3 Å². The third kappa shape index (κ3) is 4.68. The average Bonchev–Trinajstić information content (AvgIpc) is 2.52. The van der Waals surface area contributed by atoms with Gasteiger partial charge in [-0.15, -0.1) is 0 Å². The van der Waals surface area contributed by atoms with E-state index in [-0.39, 0.29) is 24.7 Å². The van der Waals surface area contributed by atoms with Crippen molar-refractivity contribution in [2.75, 3.05) is 33.5 Å². The topological polar surface area (TPSA) is 99.7 Å². The van der Waals surface area contributed by atoms with Crippen LogP contribution in [0.2, 0.25) is 0 Å².